The summed E-state index contributed by atoms with van der Waals surface area (Å²) in [4.78, 5) is 26.1. The van der Waals surface area contributed by atoms with E-state index in [4.69, 9.17) is 0 Å². The molecule has 2 aromatic heterocycles. The number of aldehydes is 1. The van der Waals surface area contributed by atoms with Gasteiger partial charge in [0.05, 0.1) is 5.52 Å². The van der Waals surface area contributed by atoms with Gasteiger partial charge in [-0.25, -0.2) is 0 Å². The van der Waals surface area contributed by atoms with Crippen molar-refractivity contribution >= 4 is 28.1 Å². The highest BCUT2D eigenvalue weighted by atomic mass is 16.1. The van der Waals surface area contributed by atoms with Crippen LogP contribution >= 0.6 is 0 Å². The highest BCUT2D eigenvalue weighted by Gasteiger charge is 2.08. The Morgan fingerprint density at radius 1 is 0.955 bits per heavy atom. The second-order valence-electron chi connectivity index (χ2n) is 5.19. The highest BCUT2D eigenvalue weighted by molar-refractivity contribution is 5.89. The molecule has 4 aromatic rings. The quantitative estimate of drug-likeness (QED) is 0.575. The molecule has 2 aromatic carbocycles. The molecule has 0 aliphatic rings. The van der Waals surface area contributed by atoms with Crippen LogP contribution < -0.4 is 5.56 Å². The average molecular weight is 288 g/mol. The molecule has 0 radical (unpaired) electrons. The number of carbonyl (C=O) groups excluding carboxylic acids is 1. The summed E-state index contributed by atoms with van der Waals surface area (Å²) >= 11 is 0. The zero-order valence-corrected chi connectivity index (χ0v) is 11.6. The molecule has 4 heteroatoms. The lowest BCUT2D eigenvalue weighted by atomic mass is 10.2. The molecule has 0 amide bonds. The molecule has 0 saturated carbocycles. The Bertz CT molecular complexity index is 1070. The maximum absolute atomic E-state index is 12.4. The van der Waals surface area contributed by atoms with E-state index in [1.807, 2.05) is 59.3 Å². The topological polar surface area (TPSA) is 54.9 Å². The lowest BCUT2D eigenvalue weighted by Gasteiger charge is -2.06. The lowest BCUT2D eigenvalue weighted by molar-refractivity contribution is 0.112. The van der Waals surface area contributed by atoms with Gasteiger partial charge in [-0.3, -0.25) is 9.59 Å². The Hall–Kier alpha value is -3.14. The molecule has 0 atom stereocenters. The van der Waals surface area contributed by atoms with E-state index in [2.05, 4.69) is 4.98 Å². The molecular weight excluding hydrogens is 276 g/mol. The van der Waals surface area contributed by atoms with Gasteiger partial charge in [-0.15, -0.1) is 0 Å². The number of hydrogen-bond donors (Lipinski definition) is 1. The highest BCUT2D eigenvalue weighted by Crippen LogP contribution is 2.21. The molecular formula is C18H12N2O2. The van der Waals surface area contributed by atoms with Gasteiger partial charge in [0.15, 0.2) is 0 Å². The van der Waals surface area contributed by atoms with E-state index in [-0.39, 0.29) is 5.56 Å². The van der Waals surface area contributed by atoms with E-state index in [1.54, 1.807) is 6.07 Å². The van der Waals surface area contributed by atoms with Crippen LogP contribution in [-0.4, -0.2) is 15.8 Å². The molecule has 106 valence electrons. The van der Waals surface area contributed by atoms with Gasteiger partial charge in [-0.05, 0) is 36.4 Å². The van der Waals surface area contributed by atoms with E-state index in [0.29, 0.717) is 11.3 Å². The molecule has 4 nitrogen and oxygen atoms in total. The average Bonchev–Trinajstić information content (AvgIpc) is 2.97. The Morgan fingerprint density at radius 3 is 2.68 bits per heavy atom. The summed E-state index contributed by atoms with van der Waals surface area (Å²) in [5.74, 6) is 0. The maximum atomic E-state index is 12.4. The van der Waals surface area contributed by atoms with E-state index >= 15 is 0 Å². The van der Waals surface area contributed by atoms with Gasteiger partial charge in [0.25, 0.3) is 5.56 Å². The molecule has 0 spiro atoms. The summed E-state index contributed by atoms with van der Waals surface area (Å²) in [5, 5.41) is 1.90. The number of fused-ring (bicyclic) bond motifs is 2. The number of rotatable bonds is 2. The number of para-hydroxylation sites is 1. The fourth-order valence-corrected chi connectivity index (χ4v) is 2.76. The third kappa shape index (κ3) is 1.85. The molecule has 4 rings (SSSR count). The van der Waals surface area contributed by atoms with Gasteiger partial charge in [0.2, 0.25) is 0 Å². The molecule has 0 aliphatic carbocycles. The monoisotopic (exact) mass is 288 g/mol. The van der Waals surface area contributed by atoms with Crippen molar-refractivity contribution in [2.75, 3.05) is 0 Å². The molecule has 0 fully saturated rings. The number of carbonyl (C=O) groups is 1. The minimum Gasteiger partial charge on any atom is -0.320 e. The maximum Gasteiger partial charge on any atom is 0.272 e. The van der Waals surface area contributed by atoms with Crippen molar-refractivity contribution in [1.82, 2.24) is 9.55 Å². The molecule has 2 heterocycles. The fraction of sp³-hybridized carbons (Fsp3) is 0. The largest absolute Gasteiger partial charge is 0.320 e. The molecule has 0 aliphatic heterocycles. The number of H-pyrrole nitrogens is 1. The fourth-order valence-electron chi connectivity index (χ4n) is 2.76. The SMILES string of the molecule is O=Cc1ccc2c(ccn2-c2cc3ccccc3[nH]c2=O)c1. The molecule has 1 N–H and O–H groups in total. The first-order chi connectivity index (χ1) is 10.8. The Morgan fingerprint density at radius 2 is 1.82 bits per heavy atom. The third-order valence-electron chi connectivity index (χ3n) is 3.84. The van der Waals surface area contributed by atoms with E-state index in [1.165, 1.54) is 0 Å². The van der Waals surface area contributed by atoms with Crippen molar-refractivity contribution in [3.63, 3.8) is 0 Å². The summed E-state index contributed by atoms with van der Waals surface area (Å²) in [5.41, 5.74) is 2.75. The number of nitrogens with one attached hydrogen (secondary N) is 1. The van der Waals surface area contributed by atoms with Crippen LogP contribution in [0.25, 0.3) is 27.5 Å². The van der Waals surface area contributed by atoms with Gasteiger partial charge >= 0.3 is 0 Å². The number of hydrogen-bond acceptors (Lipinski definition) is 2. The Balaban J connectivity index is 2.00. The van der Waals surface area contributed by atoms with Crippen molar-refractivity contribution < 1.29 is 4.79 Å². The zero-order valence-electron chi connectivity index (χ0n) is 11.6. The first kappa shape index (κ1) is 12.6. The Kier molecular flexibility index (Phi) is 2.69. The smallest absolute Gasteiger partial charge is 0.272 e. The van der Waals surface area contributed by atoms with Crippen LogP contribution in [0.4, 0.5) is 0 Å². The van der Waals surface area contributed by atoms with Gasteiger partial charge in [-0.2, -0.15) is 0 Å². The minimum atomic E-state index is -0.143. The lowest BCUT2D eigenvalue weighted by Crippen LogP contribution is -2.13. The first-order valence-electron chi connectivity index (χ1n) is 6.95. The normalized spacial score (nSPS) is 11.1. The van der Waals surface area contributed by atoms with Crippen LogP contribution in [0.1, 0.15) is 10.4 Å². The standard InChI is InChI=1S/C18H12N2O2/c21-11-12-5-6-16-14(9-12)7-8-20(16)17-10-13-3-1-2-4-15(13)19-18(17)22/h1-11H,(H,19,22). The van der Waals surface area contributed by atoms with Crippen LogP contribution in [0.2, 0.25) is 0 Å². The van der Waals surface area contributed by atoms with Gasteiger partial charge in [0, 0.05) is 28.0 Å². The second kappa shape index (κ2) is 4.70. The predicted octanol–water partition coefficient (Wildman–Crippen LogP) is 3.28. The number of aromatic amines is 1. The Labute approximate surface area is 125 Å². The van der Waals surface area contributed by atoms with Crippen LogP contribution in [0.15, 0.2) is 65.6 Å². The number of nitrogens with zero attached hydrogens (tertiary/aromatic N) is 1. The van der Waals surface area contributed by atoms with Gasteiger partial charge in [0.1, 0.15) is 12.0 Å². The third-order valence-corrected chi connectivity index (χ3v) is 3.84. The molecule has 22 heavy (non-hydrogen) atoms. The van der Waals surface area contributed by atoms with Gasteiger partial charge < -0.3 is 9.55 Å². The van der Waals surface area contributed by atoms with Crippen LogP contribution in [0.5, 0.6) is 0 Å². The van der Waals surface area contributed by atoms with E-state index in [9.17, 15) is 9.59 Å². The number of benzene rings is 2. The summed E-state index contributed by atoms with van der Waals surface area (Å²) < 4.78 is 1.84. The van der Waals surface area contributed by atoms with E-state index < -0.39 is 0 Å². The van der Waals surface area contributed by atoms with Crippen LogP contribution in [0.3, 0.4) is 0 Å². The molecule has 0 saturated heterocycles. The summed E-state index contributed by atoms with van der Waals surface area (Å²) in [6, 6.07) is 16.9. The number of aromatic nitrogens is 2. The van der Waals surface area contributed by atoms with Gasteiger partial charge in [-0.1, -0.05) is 18.2 Å². The zero-order chi connectivity index (χ0) is 15.1. The second-order valence-corrected chi connectivity index (χ2v) is 5.19. The van der Waals surface area contributed by atoms with Crippen LogP contribution in [0, 0.1) is 0 Å². The van der Waals surface area contributed by atoms with Crippen molar-refractivity contribution in [3.05, 3.63) is 76.7 Å². The summed E-state index contributed by atoms with van der Waals surface area (Å²) in [7, 11) is 0. The molecule has 0 bridgehead atoms. The van der Waals surface area contributed by atoms with E-state index in [0.717, 1.165) is 28.1 Å². The van der Waals surface area contributed by atoms with Crippen molar-refractivity contribution in [1.29, 1.82) is 0 Å². The first-order valence-corrected chi connectivity index (χ1v) is 6.95. The number of pyridine rings is 1. The van der Waals surface area contributed by atoms with Crippen molar-refractivity contribution in [2.24, 2.45) is 0 Å². The summed E-state index contributed by atoms with van der Waals surface area (Å²) in [6.45, 7) is 0. The van der Waals surface area contributed by atoms with Crippen molar-refractivity contribution in [2.45, 2.75) is 0 Å². The minimum absolute atomic E-state index is 0.143. The van der Waals surface area contributed by atoms with Crippen molar-refractivity contribution in [3.8, 4) is 5.69 Å². The predicted molar refractivity (Wildman–Crippen MR) is 86.8 cm³/mol. The van der Waals surface area contributed by atoms with Crippen LogP contribution in [-0.2, 0) is 0 Å². The molecule has 0 unspecified atom stereocenters. The summed E-state index contributed by atoms with van der Waals surface area (Å²) in [6.07, 6.45) is 2.66.